The normalized spacial score (nSPS) is 32.4. The van der Waals surface area contributed by atoms with Crippen molar-refractivity contribution in [3.63, 3.8) is 0 Å². The van der Waals surface area contributed by atoms with E-state index in [1.54, 1.807) is 0 Å². The molecular weight excluding hydrogens is 480 g/mol. The number of carbonyl (C=O) groups is 1. The minimum absolute atomic E-state index is 0.0695. The molecule has 0 radical (unpaired) electrons. The first kappa shape index (κ1) is 24.1. The number of benzene rings is 3. The molecule has 2 nitrogen and oxygen atoms in total. The second-order valence-corrected chi connectivity index (χ2v) is 16.6. The van der Waals surface area contributed by atoms with Crippen molar-refractivity contribution >= 4 is 14.3 Å². The second kappa shape index (κ2) is 9.38. The Morgan fingerprint density at radius 1 is 0.816 bits per heavy atom. The molecule has 0 aromatic heterocycles. The van der Waals surface area contributed by atoms with Gasteiger partial charge in [-0.05, 0) is 71.0 Å². The van der Waals surface area contributed by atoms with Crippen LogP contribution in [0.1, 0.15) is 42.9 Å². The first-order valence-corrected chi connectivity index (χ1v) is 17.1. The fraction of sp³-hybridized carbons (Fsp3) is 0.400. The molecule has 0 spiro atoms. The van der Waals surface area contributed by atoms with Gasteiger partial charge in [-0.2, -0.15) is 0 Å². The summed E-state index contributed by atoms with van der Waals surface area (Å²) in [5.41, 5.74) is 4.12. The molecule has 7 rings (SSSR count). The van der Waals surface area contributed by atoms with Gasteiger partial charge in [0.05, 0.1) is 5.92 Å². The van der Waals surface area contributed by atoms with Crippen LogP contribution in [0.5, 0.6) is 0 Å². The standard InChI is InChI=1S/C35H38O2Si/c1-35-18-17-28(21-35)32-29-19-30(33(32)35)31(20-29)34(36)37-38(22-25-11-5-2-6-12-25,23-26-13-7-3-8-14-26)24-27-15-9-4-10-16-27/h2-18,28-33H,19-24H2,1H3. The van der Waals surface area contributed by atoms with E-state index in [0.29, 0.717) is 23.2 Å². The molecular formula is C35H38O2Si. The summed E-state index contributed by atoms with van der Waals surface area (Å²) in [5.74, 6) is 3.60. The van der Waals surface area contributed by atoms with Crippen LogP contribution >= 0.6 is 0 Å². The van der Waals surface area contributed by atoms with Crippen molar-refractivity contribution in [1.82, 2.24) is 0 Å². The maximum Gasteiger partial charge on any atom is 0.295 e. The minimum atomic E-state index is -2.61. The molecule has 0 heterocycles. The number of fused-ring (bicyclic) bond motifs is 9. The fourth-order valence-electron chi connectivity index (χ4n) is 9.20. The number of hydrogen-bond donors (Lipinski definition) is 0. The quantitative estimate of drug-likeness (QED) is 0.178. The zero-order chi connectivity index (χ0) is 25.7. The molecule has 3 aromatic rings. The summed E-state index contributed by atoms with van der Waals surface area (Å²) in [6, 6.07) is 34.7. The summed E-state index contributed by atoms with van der Waals surface area (Å²) in [5, 5.41) is 0. The zero-order valence-electron chi connectivity index (χ0n) is 22.3. The molecule has 4 aliphatic rings. The molecule has 0 aliphatic heterocycles. The first-order chi connectivity index (χ1) is 18.5. The van der Waals surface area contributed by atoms with Gasteiger partial charge in [0, 0.05) is 18.1 Å². The minimum Gasteiger partial charge on any atom is -0.518 e. The Hall–Kier alpha value is -2.91. The lowest BCUT2D eigenvalue weighted by atomic mass is 9.65. The molecule has 3 saturated carbocycles. The van der Waals surface area contributed by atoms with Gasteiger partial charge in [-0.15, -0.1) is 0 Å². The summed E-state index contributed by atoms with van der Waals surface area (Å²) in [4.78, 5) is 14.3. The van der Waals surface area contributed by atoms with Crippen molar-refractivity contribution in [2.45, 2.75) is 44.3 Å². The molecule has 4 bridgehead atoms. The van der Waals surface area contributed by atoms with Gasteiger partial charge in [0.1, 0.15) is 0 Å². The average molecular weight is 519 g/mol. The Kier molecular flexibility index (Phi) is 5.96. The fourth-order valence-corrected chi connectivity index (χ4v) is 13.3. The van der Waals surface area contributed by atoms with Crippen LogP contribution in [0.4, 0.5) is 0 Å². The molecule has 0 N–H and O–H groups in total. The van der Waals surface area contributed by atoms with E-state index >= 15 is 0 Å². The van der Waals surface area contributed by atoms with Crippen molar-refractivity contribution in [1.29, 1.82) is 0 Å². The molecule has 0 amide bonds. The van der Waals surface area contributed by atoms with Crippen LogP contribution in [0.3, 0.4) is 0 Å². The van der Waals surface area contributed by atoms with Crippen molar-refractivity contribution in [2.75, 3.05) is 0 Å². The lowest BCUT2D eigenvalue weighted by Crippen LogP contribution is -2.51. The van der Waals surface area contributed by atoms with E-state index in [9.17, 15) is 4.79 Å². The zero-order valence-corrected chi connectivity index (χ0v) is 23.3. The molecule has 3 heteroatoms. The summed E-state index contributed by atoms with van der Waals surface area (Å²) >= 11 is 0. The van der Waals surface area contributed by atoms with E-state index in [4.69, 9.17) is 4.43 Å². The van der Waals surface area contributed by atoms with Crippen LogP contribution in [0.15, 0.2) is 103 Å². The molecule has 38 heavy (non-hydrogen) atoms. The van der Waals surface area contributed by atoms with Crippen LogP contribution in [0.2, 0.25) is 0 Å². The van der Waals surface area contributed by atoms with Gasteiger partial charge in [-0.25, -0.2) is 0 Å². The highest BCUT2D eigenvalue weighted by Crippen LogP contribution is 2.71. The third-order valence-corrected chi connectivity index (χ3v) is 14.2. The van der Waals surface area contributed by atoms with Gasteiger partial charge in [0.25, 0.3) is 14.3 Å². The summed E-state index contributed by atoms with van der Waals surface area (Å²) in [6.07, 6.45) is 8.55. The summed E-state index contributed by atoms with van der Waals surface area (Å²) < 4.78 is 7.03. The predicted molar refractivity (Wildman–Crippen MR) is 154 cm³/mol. The Morgan fingerprint density at radius 2 is 1.34 bits per heavy atom. The van der Waals surface area contributed by atoms with Crippen molar-refractivity contribution in [3.8, 4) is 0 Å². The highest BCUT2D eigenvalue weighted by atomic mass is 28.4. The smallest absolute Gasteiger partial charge is 0.295 e. The van der Waals surface area contributed by atoms with Crippen LogP contribution < -0.4 is 0 Å². The molecule has 3 fully saturated rings. The third kappa shape index (κ3) is 4.20. The maximum absolute atomic E-state index is 14.3. The lowest BCUT2D eigenvalue weighted by Gasteiger charge is -2.41. The van der Waals surface area contributed by atoms with E-state index in [1.807, 2.05) is 0 Å². The lowest BCUT2D eigenvalue weighted by molar-refractivity contribution is -0.143. The van der Waals surface area contributed by atoms with E-state index in [1.165, 1.54) is 29.5 Å². The number of allylic oxidation sites excluding steroid dienone is 2. The van der Waals surface area contributed by atoms with Crippen LogP contribution in [-0.4, -0.2) is 14.3 Å². The monoisotopic (exact) mass is 518 g/mol. The first-order valence-electron chi connectivity index (χ1n) is 14.6. The van der Waals surface area contributed by atoms with E-state index < -0.39 is 8.32 Å². The van der Waals surface area contributed by atoms with Gasteiger partial charge in [-0.3, -0.25) is 4.79 Å². The van der Waals surface area contributed by atoms with Gasteiger partial charge in [-0.1, -0.05) is 110 Å². The molecule has 7 unspecified atom stereocenters. The van der Waals surface area contributed by atoms with E-state index in [0.717, 1.165) is 36.4 Å². The van der Waals surface area contributed by atoms with Crippen molar-refractivity contribution in [2.24, 2.45) is 40.9 Å². The van der Waals surface area contributed by atoms with Gasteiger partial charge < -0.3 is 4.43 Å². The summed E-state index contributed by atoms with van der Waals surface area (Å²) in [7, 11) is -2.61. The Labute approximate surface area is 228 Å². The van der Waals surface area contributed by atoms with Crippen molar-refractivity contribution < 1.29 is 9.22 Å². The molecule has 3 aromatic carbocycles. The molecule has 7 atom stereocenters. The van der Waals surface area contributed by atoms with Crippen molar-refractivity contribution in [3.05, 3.63) is 120 Å². The number of rotatable bonds is 8. The predicted octanol–water partition coefficient (Wildman–Crippen LogP) is 7.31. The highest BCUT2D eigenvalue weighted by molar-refractivity contribution is 6.73. The second-order valence-electron chi connectivity index (χ2n) is 12.9. The molecule has 194 valence electrons. The number of carbonyl (C=O) groups excluding carboxylic acids is 1. The maximum atomic E-state index is 14.3. The van der Waals surface area contributed by atoms with Crippen LogP contribution in [0.25, 0.3) is 0 Å². The average Bonchev–Trinajstić information content (AvgIpc) is 3.69. The van der Waals surface area contributed by atoms with Crippen LogP contribution in [0, 0.1) is 40.9 Å². The largest absolute Gasteiger partial charge is 0.518 e. The molecule has 4 aliphatic carbocycles. The van der Waals surface area contributed by atoms with E-state index in [2.05, 4.69) is 110 Å². The topological polar surface area (TPSA) is 26.3 Å². The SMILES string of the molecule is CC12C=CC(C1)C1C3CC(C(=O)O[Si](Cc4ccccc4)(Cc4ccccc4)Cc4ccccc4)C(C3)C12. The molecule has 0 saturated heterocycles. The highest BCUT2D eigenvalue weighted by Gasteiger charge is 2.66. The number of hydrogen-bond acceptors (Lipinski definition) is 2. The van der Waals surface area contributed by atoms with Gasteiger partial charge >= 0.3 is 0 Å². The van der Waals surface area contributed by atoms with Gasteiger partial charge in [0.2, 0.25) is 0 Å². The Bertz CT molecular complexity index is 1220. The van der Waals surface area contributed by atoms with Gasteiger partial charge in [0.15, 0.2) is 0 Å². The summed E-state index contributed by atoms with van der Waals surface area (Å²) in [6.45, 7) is 2.45. The third-order valence-electron chi connectivity index (χ3n) is 10.5. The Morgan fingerprint density at radius 3 is 1.87 bits per heavy atom. The Balaban J connectivity index is 1.22. The van der Waals surface area contributed by atoms with E-state index in [-0.39, 0.29) is 11.9 Å². The van der Waals surface area contributed by atoms with Crippen LogP contribution in [-0.2, 0) is 27.4 Å².